The van der Waals surface area contributed by atoms with Gasteiger partial charge in [-0.05, 0) is 87.3 Å². The predicted molar refractivity (Wildman–Crippen MR) is 133 cm³/mol. The minimum atomic E-state index is -0.628. The smallest absolute Gasteiger partial charge is 0.306 e. The molecule has 2 aliphatic heterocycles. The fourth-order valence-corrected chi connectivity index (χ4v) is 6.85. The van der Waals surface area contributed by atoms with Crippen LogP contribution in [0.5, 0.6) is 5.75 Å². The normalized spacial score (nSPS) is 31.3. The van der Waals surface area contributed by atoms with Gasteiger partial charge in [-0.3, -0.25) is 9.69 Å². The summed E-state index contributed by atoms with van der Waals surface area (Å²) in [5.41, 5.74) is 1.25. The fraction of sp³-hybridized carbons (Fsp3) is 0.607. The van der Waals surface area contributed by atoms with E-state index in [0.717, 1.165) is 61.0 Å². The van der Waals surface area contributed by atoms with Crippen LogP contribution in [0.3, 0.4) is 0 Å². The topological polar surface area (TPSA) is 49.8 Å². The highest BCUT2D eigenvalue weighted by Crippen LogP contribution is 2.43. The van der Waals surface area contributed by atoms with Crippen LogP contribution in [-0.2, 0) is 4.79 Å². The van der Waals surface area contributed by atoms with Gasteiger partial charge in [-0.1, -0.05) is 43.1 Å². The number of fused-ring (bicyclic) bond motifs is 3. The second-order valence-corrected chi connectivity index (χ2v) is 11.1. The van der Waals surface area contributed by atoms with Gasteiger partial charge in [0.2, 0.25) is 0 Å². The Morgan fingerprint density at radius 1 is 1.06 bits per heavy atom. The van der Waals surface area contributed by atoms with E-state index in [2.05, 4.69) is 43.0 Å². The lowest BCUT2D eigenvalue weighted by molar-refractivity contribution is -0.147. The molecule has 178 valence electrons. The summed E-state index contributed by atoms with van der Waals surface area (Å²) in [6.45, 7) is 4.59. The lowest BCUT2D eigenvalue weighted by Gasteiger charge is -2.51. The van der Waals surface area contributed by atoms with E-state index in [0.29, 0.717) is 17.1 Å². The number of piperidine rings is 2. The molecule has 2 bridgehead atoms. The SMILES string of the molecule is CC(c1ccc2ccc(O[C@H]3CC[C@@H](C)CC3)c(Cl)c2c1)N1C2CCCC1CC(C(=O)O)C2. The average Bonchev–Trinajstić information content (AvgIpc) is 2.80. The van der Waals surface area contributed by atoms with Gasteiger partial charge in [0.1, 0.15) is 5.75 Å². The van der Waals surface area contributed by atoms with Gasteiger partial charge >= 0.3 is 5.97 Å². The molecule has 1 N–H and O–H groups in total. The van der Waals surface area contributed by atoms with Crippen LogP contribution >= 0.6 is 11.6 Å². The van der Waals surface area contributed by atoms with Crippen molar-refractivity contribution in [1.82, 2.24) is 4.90 Å². The van der Waals surface area contributed by atoms with E-state index in [4.69, 9.17) is 16.3 Å². The zero-order valence-electron chi connectivity index (χ0n) is 19.8. The van der Waals surface area contributed by atoms with E-state index in [1.165, 1.54) is 24.8 Å². The number of benzene rings is 2. The van der Waals surface area contributed by atoms with Crippen molar-refractivity contribution in [3.63, 3.8) is 0 Å². The van der Waals surface area contributed by atoms with Crippen molar-refractivity contribution in [3.05, 3.63) is 40.9 Å². The van der Waals surface area contributed by atoms with Crippen LogP contribution in [0.4, 0.5) is 0 Å². The van der Waals surface area contributed by atoms with Crippen LogP contribution in [-0.4, -0.2) is 34.2 Å². The Kier molecular flexibility index (Phi) is 6.59. The Balaban J connectivity index is 1.39. The first-order valence-corrected chi connectivity index (χ1v) is 13.2. The van der Waals surface area contributed by atoms with Crippen molar-refractivity contribution in [1.29, 1.82) is 0 Å². The Hall–Kier alpha value is -1.78. The molecule has 0 amide bonds. The number of carboxylic acid groups (broad SMARTS) is 1. The molecule has 0 aromatic heterocycles. The molecule has 33 heavy (non-hydrogen) atoms. The fourth-order valence-electron chi connectivity index (χ4n) is 6.58. The van der Waals surface area contributed by atoms with Crippen LogP contribution in [0.25, 0.3) is 10.8 Å². The number of aliphatic carboxylic acids is 1. The third kappa shape index (κ3) is 4.61. The van der Waals surface area contributed by atoms with Gasteiger partial charge in [-0.15, -0.1) is 0 Å². The third-order valence-corrected chi connectivity index (χ3v) is 8.90. The summed E-state index contributed by atoms with van der Waals surface area (Å²) >= 11 is 6.90. The first-order chi connectivity index (χ1) is 15.9. The Morgan fingerprint density at radius 3 is 2.39 bits per heavy atom. The molecule has 3 unspecified atom stereocenters. The standard InChI is InChI=1S/C28H36ClNO3/c1-17-6-11-24(12-7-17)33-26-13-10-19-8-9-20(16-25(19)27(26)29)18(2)30-22-4-3-5-23(30)15-21(14-22)28(31)32/h8-10,13,16-18,21-24H,3-7,11-12,14-15H2,1-2H3,(H,31,32)/t17-,18?,21?,22?,23?,24+. The summed E-state index contributed by atoms with van der Waals surface area (Å²) in [6, 6.07) is 11.7. The van der Waals surface area contributed by atoms with Crippen LogP contribution in [0.2, 0.25) is 5.02 Å². The molecule has 1 saturated carbocycles. The number of halogens is 1. The van der Waals surface area contributed by atoms with E-state index in [9.17, 15) is 9.90 Å². The van der Waals surface area contributed by atoms with E-state index in [1.807, 2.05) is 6.07 Å². The van der Waals surface area contributed by atoms with Crippen LogP contribution in [0, 0.1) is 11.8 Å². The zero-order valence-corrected chi connectivity index (χ0v) is 20.6. The van der Waals surface area contributed by atoms with Gasteiger partial charge in [0.15, 0.2) is 0 Å². The molecule has 2 aromatic rings. The van der Waals surface area contributed by atoms with Gasteiger partial charge in [-0.25, -0.2) is 0 Å². The van der Waals surface area contributed by atoms with Gasteiger partial charge in [-0.2, -0.15) is 0 Å². The third-order valence-electron chi connectivity index (χ3n) is 8.51. The van der Waals surface area contributed by atoms with Gasteiger partial charge in [0.05, 0.1) is 17.0 Å². The summed E-state index contributed by atoms with van der Waals surface area (Å²) in [4.78, 5) is 14.3. The molecule has 3 fully saturated rings. The molecule has 1 aliphatic carbocycles. The number of ether oxygens (including phenoxy) is 1. The van der Waals surface area contributed by atoms with E-state index < -0.39 is 5.97 Å². The highest BCUT2D eigenvalue weighted by atomic mass is 35.5. The molecule has 4 nitrogen and oxygen atoms in total. The zero-order chi connectivity index (χ0) is 23.1. The van der Waals surface area contributed by atoms with Gasteiger partial charge in [0, 0.05) is 23.5 Å². The van der Waals surface area contributed by atoms with Crippen molar-refractivity contribution in [2.75, 3.05) is 0 Å². The molecule has 2 heterocycles. The average molecular weight is 470 g/mol. The quantitative estimate of drug-likeness (QED) is 0.501. The molecule has 0 spiro atoms. The number of hydrogen-bond acceptors (Lipinski definition) is 3. The van der Waals surface area contributed by atoms with Crippen LogP contribution in [0.1, 0.15) is 83.2 Å². The molecule has 0 radical (unpaired) electrons. The maximum Gasteiger partial charge on any atom is 0.306 e. The Morgan fingerprint density at radius 2 is 1.73 bits per heavy atom. The monoisotopic (exact) mass is 469 g/mol. The number of carboxylic acids is 1. The largest absolute Gasteiger partial charge is 0.489 e. The van der Waals surface area contributed by atoms with Crippen LogP contribution in [0.15, 0.2) is 30.3 Å². The van der Waals surface area contributed by atoms with Crippen molar-refractivity contribution in [2.45, 2.75) is 95.9 Å². The maximum atomic E-state index is 11.7. The van der Waals surface area contributed by atoms with Crippen molar-refractivity contribution in [3.8, 4) is 5.75 Å². The predicted octanol–water partition coefficient (Wildman–Crippen LogP) is 7.23. The van der Waals surface area contributed by atoms with Crippen molar-refractivity contribution < 1.29 is 14.6 Å². The lowest BCUT2D eigenvalue weighted by atomic mass is 9.77. The Bertz CT molecular complexity index is 1000. The van der Waals surface area contributed by atoms with Gasteiger partial charge in [0.25, 0.3) is 0 Å². The van der Waals surface area contributed by atoms with E-state index in [-0.39, 0.29) is 18.1 Å². The minimum Gasteiger partial charge on any atom is -0.489 e. The summed E-state index contributed by atoms with van der Waals surface area (Å²) < 4.78 is 6.36. The second-order valence-electron chi connectivity index (χ2n) is 10.7. The molecule has 2 aromatic carbocycles. The number of hydrogen-bond donors (Lipinski definition) is 1. The molecule has 5 heteroatoms. The highest BCUT2D eigenvalue weighted by molar-refractivity contribution is 6.37. The second kappa shape index (κ2) is 9.46. The van der Waals surface area contributed by atoms with Crippen molar-refractivity contribution >= 4 is 28.3 Å². The first-order valence-electron chi connectivity index (χ1n) is 12.8. The summed E-state index contributed by atoms with van der Waals surface area (Å²) in [7, 11) is 0. The molecular formula is C28H36ClNO3. The Labute approximate surface area is 202 Å². The summed E-state index contributed by atoms with van der Waals surface area (Å²) in [5, 5.41) is 12.5. The number of nitrogens with zero attached hydrogens (tertiary/aromatic N) is 1. The lowest BCUT2D eigenvalue weighted by Crippen LogP contribution is -2.53. The molecular weight excluding hydrogens is 434 g/mol. The van der Waals surface area contributed by atoms with E-state index >= 15 is 0 Å². The highest BCUT2D eigenvalue weighted by Gasteiger charge is 2.42. The summed E-state index contributed by atoms with van der Waals surface area (Å²) in [5.74, 6) is 0.766. The maximum absolute atomic E-state index is 11.7. The molecule has 2 saturated heterocycles. The number of carbonyl (C=O) groups is 1. The molecule has 3 atom stereocenters. The molecule has 3 aliphatic rings. The number of rotatable bonds is 5. The first kappa shape index (κ1) is 23.0. The van der Waals surface area contributed by atoms with E-state index in [1.54, 1.807) is 0 Å². The van der Waals surface area contributed by atoms with Gasteiger partial charge < -0.3 is 9.84 Å². The minimum absolute atomic E-state index is 0.197. The summed E-state index contributed by atoms with van der Waals surface area (Å²) in [6.07, 6.45) is 9.82. The molecule has 5 rings (SSSR count). The van der Waals surface area contributed by atoms with Crippen molar-refractivity contribution in [2.24, 2.45) is 11.8 Å². The van der Waals surface area contributed by atoms with Crippen LogP contribution < -0.4 is 4.74 Å².